The number of benzene rings is 1. The molecule has 2 heterocycles. The number of carbonyl (C=O) groups is 2. The molecule has 4 N–H and O–H groups in total. The van der Waals surface area contributed by atoms with Crippen LogP contribution in [0.3, 0.4) is 0 Å². The van der Waals surface area contributed by atoms with Gasteiger partial charge in [0.1, 0.15) is 0 Å². The first-order chi connectivity index (χ1) is 13.8. The second kappa shape index (κ2) is 9.27. The van der Waals surface area contributed by atoms with E-state index in [-0.39, 0.29) is 29.7 Å². The summed E-state index contributed by atoms with van der Waals surface area (Å²) in [6.45, 7) is 0.281. The van der Waals surface area contributed by atoms with E-state index < -0.39 is 10.0 Å². The Balaban J connectivity index is 1.44. The largest absolute Gasteiger partial charge is 0.352 e. The third-order valence-electron chi connectivity index (χ3n) is 3.87. The van der Waals surface area contributed by atoms with Gasteiger partial charge in [-0.25, -0.2) is 18.5 Å². The monoisotopic (exact) mass is 450 g/mol. The van der Waals surface area contributed by atoms with Gasteiger partial charge in [-0.05, 0) is 35.6 Å². The topological polar surface area (TPSA) is 131 Å². The summed E-state index contributed by atoms with van der Waals surface area (Å²) < 4.78 is 22.5. The molecule has 3 aromatic rings. The summed E-state index contributed by atoms with van der Waals surface area (Å²) in [6, 6.07) is 9.55. The first kappa shape index (κ1) is 21.1. The number of hydrogen-bond acceptors (Lipinski definition) is 7. The highest BCUT2D eigenvalue weighted by atomic mass is 32.2. The minimum absolute atomic E-state index is 0.0260. The molecule has 8 nitrogen and oxygen atoms in total. The van der Waals surface area contributed by atoms with Crippen LogP contribution in [0.5, 0.6) is 0 Å². The Hall–Kier alpha value is -2.60. The molecule has 0 aliphatic heterocycles. The molecule has 1 aromatic carbocycles. The van der Waals surface area contributed by atoms with Crippen LogP contribution < -0.4 is 15.8 Å². The summed E-state index contributed by atoms with van der Waals surface area (Å²) in [5, 5.41) is 14.7. The molecule has 2 amide bonds. The lowest BCUT2D eigenvalue weighted by Gasteiger charge is -2.06. The highest BCUT2D eigenvalue weighted by Gasteiger charge is 2.11. The molecule has 0 unspecified atom stereocenters. The van der Waals surface area contributed by atoms with Gasteiger partial charge in [-0.1, -0.05) is 18.2 Å². The average Bonchev–Trinajstić information content (AvgIpc) is 3.36. The fraction of sp³-hybridized carbons (Fsp3) is 0.167. The minimum Gasteiger partial charge on any atom is -0.352 e. The Morgan fingerprint density at radius 2 is 1.86 bits per heavy atom. The maximum Gasteiger partial charge on any atom is 0.267 e. The predicted octanol–water partition coefficient (Wildman–Crippen LogP) is 2.35. The summed E-state index contributed by atoms with van der Waals surface area (Å²) in [6.07, 6.45) is 0.693. The van der Waals surface area contributed by atoms with Gasteiger partial charge in [0.2, 0.25) is 15.9 Å². The van der Waals surface area contributed by atoms with E-state index in [1.54, 1.807) is 24.3 Å². The summed E-state index contributed by atoms with van der Waals surface area (Å²) in [7, 11) is -3.73. The molecule has 0 radical (unpaired) electrons. The van der Waals surface area contributed by atoms with E-state index in [0.29, 0.717) is 16.4 Å². The zero-order valence-electron chi connectivity index (χ0n) is 15.1. The molecule has 0 aliphatic carbocycles. The highest BCUT2D eigenvalue weighted by Crippen LogP contribution is 2.19. The number of primary sulfonamides is 1. The molecule has 0 saturated carbocycles. The van der Waals surface area contributed by atoms with Crippen molar-refractivity contribution in [3.63, 3.8) is 0 Å². The lowest BCUT2D eigenvalue weighted by atomic mass is 10.2. The van der Waals surface area contributed by atoms with Crippen LogP contribution in [0.1, 0.15) is 27.3 Å². The maximum absolute atomic E-state index is 12.0. The maximum atomic E-state index is 12.0. The van der Waals surface area contributed by atoms with Gasteiger partial charge in [0.25, 0.3) is 5.91 Å². The Labute approximate surface area is 175 Å². The second-order valence-electron chi connectivity index (χ2n) is 6.04. The van der Waals surface area contributed by atoms with E-state index in [2.05, 4.69) is 15.6 Å². The lowest BCUT2D eigenvalue weighted by Crippen LogP contribution is -2.23. The SMILES string of the molecule is NS(=O)(=O)c1ccc(CNC(=O)CCc2csc(NC(=O)c3cccs3)n2)cc1. The molecule has 29 heavy (non-hydrogen) atoms. The molecule has 0 bridgehead atoms. The quantitative estimate of drug-likeness (QED) is 0.485. The summed E-state index contributed by atoms with van der Waals surface area (Å²) in [5.74, 6) is -0.357. The molecule has 152 valence electrons. The summed E-state index contributed by atoms with van der Waals surface area (Å²) in [5.41, 5.74) is 1.49. The smallest absolute Gasteiger partial charge is 0.267 e. The van der Waals surface area contributed by atoms with Gasteiger partial charge in [-0.2, -0.15) is 0 Å². The molecule has 3 rings (SSSR count). The Kier molecular flexibility index (Phi) is 6.75. The molecule has 2 aromatic heterocycles. The van der Waals surface area contributed by atoms with Crippen LogP contribution in [0, 0.1) is 0 Å². The number of hydrogen-bond donors (Lipinski definition) is 3. The van der Waals surface area contributed by atoms with Gasteiger partial charge in [-0.3, -0.25) is 14.9 Å². The summed E-state index contributed by atoms with van der Waals surface area (Å²) >= 11 is 2.66. The first-order valence-electron chi connectivity index (χ1n) is 8.49. The van der Waals surface area contributed by atoms with Crippen LogP contribution in [0.15, 0.2) is 52.1 Å². The third kappa shape index (κ3) is 6.19. The Morgan fingerprint density at radius 1 is 1.10 bits per heavy atom. The number of aryl methyl sites for hydroxylation is 1. The van der Waals surface area contributed by atoms with Gasteiger partial charge in [0.05, 0.1) is 15.5 Å². The fourth-order valence-corrected chi connectivity index (χ4v) is 4.25. The number of carbonyl (C=O) groups excluding carboxylic acids is 2. The minimum atomic E-state index is -3.73. The fourth-order valence-electron chi connectivity index (χ4n) is 2.37. The second-order valence-corrected chi connectivity index (χ2v) is 9.41. The van der Waals surface area contributed by atoms with Crippen molar-refractivity contribution in [1.29, 1.82) is 0 Å². The molecule has 0 saturated heterocycles. The number of amides is 2. The van der Waals surface area contributed by atoms with Crippen LogP contribution in [0.2, 0.25) is 0 Å². The van der Waals surface area contributed by atoms with Crippen molar-refractivity contribution in [1.82, 2.24) is 10.3 Å². The standard InChI is InChI=1S/C18H18N4O4S3/c19-29(25,26)14-6-3-12(4-7-14)10-20-16(23)8-5-13-11-28-18(21-13)22-17(24)15-2-1-9-27-15/h1-4,6-7,9,11H,5,8,10H2,(H,20,23)(H2,19,25,26)(H,21,22,24). The van der Waals surface area contributed by atoms with Crippen molar-refractivity contribution in [2.24, 2.45) is 5.14 Å². The number of anilines is 1. The Morgan fingerprint density at radius 3 is 2.52 bits per heavy atom. The van der Waals surface area contributed by atoms with Crippen molar-refractivity contribution in [3.05, 3.63) is 63.3 Å². The Bertz CT molecular complexity index is 1090. The van der Waals surface area contributed by atoms with E-state index in [1.165, 1.54) is 34.8 Å². The van der Waals surface area contributed by atoms with E-state index in [0.717, 1.165) is 11.3 Å². The zero-order chi connectivity index (χ0) is 20.9. The number of nitrogens with zero attached hydrogens (tertiary/aromatic N) is 1. The van der Waals surface area contributed by atoms with E-state index in [1.807, 2.05) is 10.8 Å². The van der Waals surface area contributed by atoms with E-state index >= 15 is 0 Å². The number of rotatable bonds is 8. The van der Waals surface area contributed by atoms with Crippen LogP contribution in [-0.2, 0) is 27.8 Å². The molecule has 11 heteroatoms. The molecule has 0 fully saturated rings. The molecule has 0 atom stereocenters. The van der Waals surface area contributed by atoms with Gasteiger partial charge in [0.15, 0.2) is 5.13 Å². The number of aromatic nitrogens is 1. The number of sulfonamides is 1. The third-order valence-corrected chi connectivity index (χ3v) is 6.47. The number of nitrogens with two attached hydrogens (primary N) is 1. The lowest BCUT2D eigenvalue weighted by molar-refractivity contribution is -0.121. The molecule has 0 spiro atoms. The van der Waals surface area contributed by atoms with E-state index in [9.17, 15) is 18.0 Å². The number of thiophene rings is 1. The van der Waals surface area contributed by atoms with Gasteiger partial charge in [-0.15, -0.1) is 22.7 Å². The highest BCUT2D eigenvalue weighted by molar-refractivity contribution is 7.89. The van der Waals surface area contributed by atoms with Gasteiger partial charge < -0.3 is 5.32 Å². The zero-order valence-corrected chi connectivity index (χ0v) is 17.6. The summed E-state index contributed by atoms with van der Waals surface area (Å²) in [4.78, 5) is 29.0. The molecule has 0 aliphatic rings. The predicted molar refractivity (Wildman–Crippen MR) is 112 cm³/mol. The van der Waals surface area contributed by atoms with Crippen molar-refractivity contribution in [2.75, 3.05) is 5.32 Å². The molecular weight excluding hydrogens is 432 g/mol. The van der Waals surface area contributed by atoms with Crippen molar-refractivity contribution < 1.29 is 18.0 Å². The van der Waals surface area contributed by atoms with Crippen LogP contribution >= 0.6 is 22.7 Å². The number of thiazole rings is 1. The average molecular weight is 451 g/mol. The van der Waals surface area contributed by atoms with E-state index in [4.69, 9.17) is 5.14 Å². The van der Waals surface area contributed by atoms with Crippen LogP contribution in [-0.4, -0.2) is 25.2 Å². The van der Waals surface area contributed by atoms with Gasteiger partial charge >= 0.3 is 0 Å². The first-order valence-corrected chi connectivity index (χ1v) is 11.8. The van der Waals surface area contributed by atoms with Crippen molar-refractivity contribution in [2.45, 2.75) is 24.3 Å². The van der Waals surface area contributed by atoms with Crippen molar-refractivity contribution in [3.8, 4) is 0 Å². The molecular formula is C18H18N4O4S3. The van der Waals surface area contributed by atoms with Crippen LogP contribution in [0.4, 0.5) is 5.13 Å². The van der Waals surface area contributed by atoms with Crippen molar-refractivity contribution >= 4 is 49.6 Å². The number of nitrogens with one attached hydrogen (secondary N) is 2. The van der Waals surface area contributed by atoms with Crippen LogP contribution in [0.25, 0.3) is 0 Å². The normalized spacial score (nSPS) is 11.2. The van der Waals surface area contributed by atoms with Gasteiger partial charge in [0, 0.05) is 18.3 Å².